The van der Waals surface area contributed by atoms with Gasteiger partial charge in [0.15, 0.2) is 0 Å². The van der Waals surface area contributed by atoms with Crippen LogP contribution in [0, 0.1) is 0 Å². The Balaban J connectivity index is 1.22. The number of piperidine rings is 1. The molecule has 180 valence electrons. The Hall–Kier alpha value is -3.80. The molecule has 0 aromatic heterocycles. The van der Waals surface area contributed by atoms with Crippen LogP contribution >= 0.6 is 0 Å². The lowest BCUT2D eigenvalue weighted by Gasteiger charge is -2.36. The molecule has 1 saturated heterocycles. The van der Waals surface area contributed by atoms with Crippen LogP contribution in [0.25, 0.3) is 0 Å². The summed E-state index contributed by atoms with van der Waals surface area (Å²) in [6.45, 7) is 2.98. The standard InChI is InChI=1S/C29H31N3O3/c1-35-25-12-10-22(11-13-25)28(33)30-24-15-18-31(19-16-24)27-9-5-4-8-26(27)29(34)32-17-14-21-6-2-3-7-23(21)20-32/h2-13,24H,14-20H2,1H3,(H,30,33). The molecule has 3 aromatic rings. The summed E-state index contributed by atoms with van der Waals surface area (Å²) >= 11 is 0. The Kier molecular flexibility index (Phi) is 6.70. The average molecular weight is 470 g/mol. The molecule has 0 radical (unpaired) electrons. The number of carbonyl (C=O) groups excluding carboxylic acids is 2. The zero-order valence-corrected chi connectivity index (χ0v) is 20.1. The molecule has 35 heavy (non-hydrogen) atoms. The minimum atomic E-state index is -0.0629. The topological polar surface area (TPSA) is 61.9 Å². The van der Waals surface area contributed by atoms with Gasteiger partial charge in [-0.15, -0.1) is 0 Å². The normalized spacial score (nSPS) is 15.9. The predicted octanol–water partition coefficient (Wildman–Crippen LogP) is 4.29. The van der Waals surface area contributed by atoms with Crippen molar-refractivity contribution in [3.05, 3.63) is 95.1 Å². The fourth-order valence-electron chi connectivity index (χ4n) is 5.05. The third-order valence-electron chi connectivity index (χ3n) is 7.08. The number of para-hydroxylation sites is 1. The number of benzene rings is 3. The van der Waals surface area contributed by atoms with Gasteiger partial charge in [0.25, 0.3) is 11.8 Å². The minimum absolute atomic E-state index is 0.0629. The summed E-state index contributed by atoms with van der Waals surface area (Å²) in [5.41, 5.74) is 4.94. The van der Waals surface area contributed by atoms with Crippen molar-refractivity contribution in [3.8, 4) is 5.75 Å². The van der Waals surface area contributed by atoms with Crippen LogP contribution < -0.4 is 15.0 Å². The van der Waals surface area contributed by atoms with Gasteiger partial charge in [-0.3, -0.25) is 9.59 Å². The van der Waals surface area contributed by atoms with Gasteiger partial charge in [0, 0.05) is 43.5 Å². The van der Waals surface area contributed by atoms with Crippen LogP contribution in [0.2, 0.25) is 0 Å². The number of nitrogens with zero attached hydrogens (tertiary/aromatic N) is 2. The van der Waals surface area contributed by atoms with Crippen LogP contribution in [0.15, 0.2) is 72.8 Å². The fourth-order valence-corrected chi connectivity index (χ4v) is 5.05. The van der Waals surface area contributed by atoms with Crippen LogP contribution in [0.4, 0.5) is 5.69 Å². The molecular weight excluding hydrogens is 438 g/mol. The molecule has 2 heterocycles. The molecule has 1 fully saturated rings. The molecule has 0 saturated carbocycles. The summed E-state index contributed by atoms with van der Waals surface area (Å²) in [7, 11) is 1.61. The molecule has 0 unspecified atom stereocenters. The number of hydrogen-bond donors (Lipinski definition) is 1. The summed E-state index contributed by atoms with van der Waals surface area (Å²) in [6.07, 6.45) is 2.56. The van der Waals surface area contributed by atoms with Crippen molar-refractivity contribution in [1.29, 1.82) is 0 Å². The summed E-state index contributed by atoms with van der Waals surface area (Å²) in [5, 5.41) is 3.16. The number of hydrogen-bond acceptors (Lipinski definition) is 4. The van der Waals surface area contributed by atoms with Crippen LogP contribution in [-0.4, -0.2) is 49.5 Å². The van der Waals surface area contributed by atoms with Gasteiger partial charge in [0.1, 0.15) is 5.75 Å². The van der Waals surface area contributed by atoms with E-state index in [1.54, 1.807) is 31.4 Å². The Morgan fingerprint density at radius 2 is 1.54 bits per heavy atom. The number of amides is 2. The maximum Gasteiger partial charge on any atom is 0.256 e. The van der Waals surface area contributed by atoms with Gasteiger partial charge < -0.3 is 19.9 Å². The van der Waals surface area contributed by atoms with Crippen molar-refractivity contribution in [2.75, 3.05) is 31.6 Å². The maximum atomic E-state index is 13.5. The molecule has 5 rings (SSSR count). The predicted molar refractivity (Wildman–Crippen MR) is 137 cm³/mol. The van der Waals surface area contributed by atoms with Crippen molar-refractivity contribution >= 4 is 17.5 Å². The summed E-state index contributed by atoms with van der Waals surface area (Å²) in [6, 6.07) is 23.6. The molecule has 0 spiro atoms. The van der Waals surface area contributed by atoms with Crippen molar-refractivity contribution in [3.63, 3.8) is 0 Å². The van der Waals surface area contributed by atoms with Crippen molar-refractivity contribution in [2.45, 2.75) is 31.8 Å². The average Bonchev–Trinajstić information content (AvgIpc) is 2.93. The molecule has 2 aliphatic rings. The molecule has 3 aromatic carbocycles. The molecule has 0 aliphatic carbocycles. The van der Waals surface area contributed by atoms with Gasteiger partial charge in [0.05, 0.1) is 12.7 Å². The smallest absolute Gasteiger partial charge is 0.256 e. The highest BCUT2D eigenvalue weighted by atomic mass is 16.5. The first kappa shape index (κ1) is 23.0. The third-order valence-corrected chi connectivity index (χ3v) is 7.08. The number of carbonyl (C=O) groups is 2. The van der Waals surface area contributed by atoms with Gasteiger partial charge >= 0.3 is 0 Å². The first-order chi connectivity index (χ1) is 17.1. The number of anilines is 1. The second-order valence-electron chi connectivity index (χ2n) is 9.23. The molecule has 6 heteroatoms. The Morgan fingerprint density at radius 1 is 0.857 bits per heavy atom. The molecule has 2 amide bonds. The van der Waals surface area contributed by atoms with Gasteiger partial charge in [-0.2, -0.15) is 0 Å². The van der Waals surface area contributed by atoms with E-state index >= 15 is 0 Å². The quantitative estimate of drug-likeness (QED) is 0.606. The molecule has 1 N–H and O–H groups in total. The highest BCUT2D eigenvalue weighted by molar-refractivity contribution is 6.00. The Labute approximate surface area is 206 Å². The highest BCUT2D eigenvalue weighted by Gasteiger charge is 2.27. The van der Waals surface area contributed by atoms with E-state index in [9.17, 15) is 9.59 Å². The molecule has 0 atom stereocenters. The van der Waals surface area contributed by atoms with Crippen LogP contribution in [0.1, 0.15) is 44.7 Å². The Bertz CT molecular complexity index is 1200. The van der Waals surface area contributed by atoms with E-state index in [1.165, 1.54) is 11.1 Å². The third kappa shape index (κ3) is 5.02. The second-order valence-corrected chi connectivity index (χ2v) is 9.23. The SMILES string of the molecule is COc1ccc(C(=O)NC2CCN(c3ccccc3C(=O)N3CCc4ccccc4C3)CC2)cc1. The molecular formula is C29H31N3O3. The van der Waals surface area contributed by atoms with Gasteiger partial charge in [-0.1, -0.05) is 36.4 Å². The lowest BCUT2D eigenvalue weighted by atomic mass is 9.98. The summed E-state index contributed by atoms with van der Waals surface area (Å²) in [4.78, 5) is 30.4. The highest BCUT2D eigenvalue weighted by Crippen LogP contribution is 2.28. The number of fused-ring (bicyclic) bond motifs is 1. The number of rotatable bonds is 5. The van der Waals surface area contributed by atoms with Crippen molar-refractivity contribution in [1.82, 2.24) is 10.2 Å². The van der Waals surface area contributed by atoms with E-state index in [1.807, 2.05) is 35.2 Å². The summed E-state index contributed by atoms with van der Waals surface area (Å²) < 4.78 is 5.17. The zero-order chi connectivity index (χ0) is 24.2. The van der Waals surface area contributed by atoms with E-state index in [0.29, 0.717) is 12.1 Å². The first-order valence-corrected chi connectivity index (χ1v) is 12.3. The van der Waals surface area contributed by atoms with Crippen LogP contribution in [0.5, 0.6) is 5.75 Å². The van der Waals surface area contributed by atoms with Crippen molar-refractivity contribution in [2.24, 2.45) is 0 Å². The van der Waals surface area contributed by atoms with E-state index in [0.717, 1.165) is 55.9 Å². The van der Waals surface area contributed by atoms with Crippen LogP contribution in [0.3, 0.4) is 0 Å². The first-order valence-electron chi connectivity index (χ1n) is 12.3. The van der Waals surface area contributed by atoms with E-state index in [2.05, 4.69) is 28.4 Å². The monoisotopic (exact) mass is 469 g/mol. The maximum absolute atomic E-state index is 13.5. The second kappa shape index (κ2) is 10.2. The van der Waals surface area contributed by atoms with E-state index in [4.69, 9.17) is 4.74 Å². The fraction of sp³-hybridized carbons (Fsp3) is 0.310. The molecule has 0 bridgehead atoms. The summed E-state index contributed by atoms with van der Waals surface area (Å²) in [5.74, 6) is 0.758. The van der Waals surface area contributed by atoms with Gasteiger partial charge in [-0.25, -0.2) is 0 Å². The van der Waals surface area contributed by atoms with Crippen LogP contribution in [-0.2, 0) is 13.0 Å². The minimum Gasteiger partial charge on any atom is -0.497 e. The number of nitrogens with one attached hydrogen (secondary N) is 1. The van der Waals surface area contributed by atoms with Gasteiger partial charge in [-0.05, 0) is 66.8 Å². The van der Waals surface area contributed by atoms with E-state index in [-0.39, 0.29) is 17.9 Å². The lowest BCUT2D eigenvalue weighted by Crippen LogP contribution is -2.45. The lowest BCUT2D eigenvalue weighted by molar-refractivity contribution is 0.0735. The molecule has 6 nitrogen and oxygen atoms in total. The van der Waals surface area contributed by atoms with E-state index < -0.39 is 0 Å². The Morgan fingerprint density at radius 3 is 2.29 bits per heavy atom. The molecule has 2 aliphatic heterocycles. The number of methoxy groups -OCH3 is 1. The van der Waals surface area contributed by atoms with Gasteiger partial charge in [0.2, 0.25) is 0 Å². The zero-order valence-electron chi connectivity index (χ0n) is 20.1. The number of ether oxygens (including phenoxy) is 1. The largest absolute Gasteiger partial charge is 0.497 e. The van der Waals surface area contributed by atoms with Crippen molar-refractivity contribution < 1.29 is 14.3 Å².